The van der Waals surface area contributed by atoms with Gasteiger partial charge in [-0.2, -0.15) is 0 Å². The third kappa shape index (κ3) is 4.31. The summed E-state index contributed by atoms with van der Waals surface area (Å²) in [7, 11) is 0. The van der Waals surface area contributed by atoms with Crippen LogP contribution in [0, 0.1) is 5.92 Å². The standard InChI is InChI=1S/C18H25NO3/c20-18(21)13-17(16-5-6-16)15-3-1-14(2-4-15)7-8-19-9-11-22-12-10-19/h1-4,16-17H,5-13H2,(H,20,21). The van der Waals surface area contributed by atoms with E-state index in [0.29, 0.717) is 5.92 Å². The highest BCUT2D eigenvalue weighted by molar-refractivity contribution is 5.68. The first-order chi connectivity index (χ1) is 10.7. The molecule has 4 nitrogen and oxygen atoms in total. The molecule has 1 atom stereocenters. The average Bonchev–Trinajstić information content (AvgIpc) is 3.37. The van der Waals surface area contributed by atoms with Gasteiger partial charge in [-0.1, -0.05) is 24.3 Å². The van der Waals surface area contributed by atoms with Gasteiger partial charge in [0, 0.05) is 19.6 Å². The average molecular weight is 303 g/mol. The number of morpholine rings is 1. The van der Waals surface area contributed by atoms with Gasteiger partial charge in [0.05, 0.1) is 19.6 Å². The topological polar surface area (TPSA) is 49.8 Å². The summed E-state index contributed by atoms with van der Waals surface area (Å²) in [5, 5.41) is 9.09. The molecule has 0 aromatic heterocycles. The molecule has 1 saturated heterocycles. The monoisotopic (exact) mass is 303 g/mol. The highest BCUT2D eigenvalue weighted by atomic mass is 16.5. The molecule has 1 saturated carbocycles. The van der Waals surface area contributed by atoms with E-state index in [1.165, 1.54) is 24.0 Å². The largest absolute Gasteiger partial charge is 0.481 e. The van der Waals surface area contributed by atoms with Crippen LogP contribution in [-0.4, -0.2) is 48.8 Å². The van der Waals surface area contributed by atoms with Gasteiger partial charge < -0.3 is 9.84 Å². The lowest BCUT2D eigenvalue weighted by molar-refractivity contribution is -0.137. The minimum absolute atomic E-state index is 0.200. The fourth-order valence-corrected chi connectivity index (χ4v) is 3.29. The molecule has 1 heterocycles. The fourth-order valence-electron chi connectivity index (χ4n) is 3.29. The number of aliphatic carboxylic acids is 1. The Balaban J connectivity index is 1.55. The third-order valence-corrected chi connectivity index (χ3v) is 4.81. The molecule has 0 radical (unpaired) electrons. The van der Waals surface area contributed by atoms with E-state index in [1.54, 1.807) is 0 Å². The van der Waals surface area contributed by atoms with Gasteiger partial charge in [-0.05, 0) is 42.2 Å². The Bertz CT molecular complexity index is 490. The minimum atomic E-state index is -0.687. The van der Waals surface area contributed by atoms with Gasteiger partial charge >= 0.3 is 5.97 Å². The van der Waals surface area contributed by atoms with Crippen molar-refractivity contribution in [1.82, 2.24) is 4.90 Å². The van der Waals surface area contributed by atoms with Crippen LogP contribution in [0.25, 0.3) is 0 Å². The lowest BCUT2D eigenvalue weighted by Crippen LogP contribution is -2.37. The summed E-state index contributed by atoms with van der Waals surface area (Å²) in [5.41, 5.74) is 2.53. The van der Waals surface area contributed by atoms with Crippen LogP contribution < -0.4 is 0 Å². The van der Waals surface area contributed by atoms with Crippen LogP contribution in [0.4, 0.5) is 0 Å². The molecule has 2 fully saturated rings. The molecule has 0 bridgehead atoms. The molecule has 22 heavy (non-hydrogen) atoms. The second kappa shape index (κ2) is 7.25. The summed E-state index contributed by atoms with van der Waals surface area (Å²) in [6.45, 7) is 4.82. The maximum Gasteiger partial charge on any atom is 0.303 e. The van der Waals surface area contributed by atoms with Gasteiger partial charge in [-0.15, -0.1) is 0 Å². The predicted octanol–water partition coefficient (Wildman–Crippen LogP) is 2.53. The van der Waals surface area contributed by atoms with Gasteiger partial charge in [-0.25, -0.2) is 0 Å². The Morgan fingerprint density at radius 3 is 2.50 bits per heavy atom. The number of carbonyl (C=O) groups is 1. The van der Waals surface area contributed by atoms with Crippen LogP contribution in [0.3, 0.4) is 0 Å². The molecule has 1 aromatic carbocycles. The van der Waals surface area contributed by atoms with Crippen LogP contribution >= 0.6 is 0 Å². The van der Waals surface area contributed by atoms with Crippen LogP contribution in [0.1, 0.15) is 36.3 Å². The summed E-state index contributed by atoms with van der Waals surface area (Å²) < 4.78 is 5.36. The van der Waals surface area contributed by atoms with Crippen molar-refractivity contribution in [2.75, 3.05) is 32.8 Å². The second-order valence-electron chi connectivity index (χ2n) is 6.49. The quantitative estimate of drug-likeness (QED) is 0.841. The maximum absolute atomic E-state index is 11.0. The number of carboxylic acid groups (broad SMARTS) is 1. The van der Waals surface area contributed by atoms with E-state index in [-0.39, 0.29) is 12.3 Å². The van der Waals surface area contributed by atoms with Gasteiger partial charge in [0.15, 0.2) is 0 Å². The molecule has 3 rings (SSSR count). The highest BCUT2D eigenvalue weighted by Gasteiger charge is 2.33. The van der Waals surface area contributed by atoms with E-state index in [4.69, 9.17) is 9.84 Å². The lowest BCUT2D eigenvalue weighted by Gasteiger charge is -2.26. The smallest absolute Gasteiger partial charge is 0.303 e. The summed E-state index contributed by atoms with van der Waals surface area (Å²) in [6.07, 6.45) is 3.67. The zero-order valence-corrected chi connectivity index (χ0v) is 13.0. The predicted molar refractivity (Wildman–Crippen MR) is 85.1 cm³/mol. The van der Waals surface area contributed by atoms with Gasteiger partial charge in [0.25, 0.3) is 0 Å². The first-order valence-electron chi connectivity index (χ1n) is 8.33. The van der Waals surface area contributed by atoms with Crippen molar-refractivity contribution in [1.29, 1.82) is 0 Å². The first kappa shape index (κ1) is 15.5. The number of ether oxygens (including phenoxy) is 1. The van der Waals surface area contributed by atoms with Crippen molar-refractivity contribution in [2.24, 2.45) is 5.92 Å². The molecule has 1 aliphatic carbocycles. The van der Waals surface area contributed by atoms with Crippen LogP contribution in [0.15, 0.2) is 24.3 Å². The number of carboxylic acids is 1. The number of benzene rings is 1. The molecule has 1 aromatic rings. The molecule has 4 heteroatoms. The van der Waals surface area contributed by atoms with E-state index in [9.17, 15) is 4.79 Å². The van der Waals surface area contributed by atoms with Crippen molar-refractivity contribution in [3.05, 3.63) is 35.4 Å². The number of hydrogen-bond donors (Lipinski definition) is 1. The van der Waals surface area contributed by atoms with Crippen LogP contribution in [-0.2, 0) is 16.0 Å². The number of rotatable bonds is 7. The molecule has 120 valence electrons. The Hall–Kier alpha value is -1.39. The molecular weight excluding hydrogens is 278 g/mol. The SMILES string of the molecule is O=C(O)CC(c1ccc(CCN2CCOCC2)cc1)C1CC1. The van der Waals surface area contributed by atoms with Crippen molar-refractivity contribution in [3.63, 3.8) is 0 Å². The Kier molecular flexibility index (Phi) is 5.11. The van der Waals surface area contributed by atoms with E-state index in [0.717, 1.165) is 39.3 Å². The minimum Gasteiger partial charge on any atom is -0.481 e. The fraction of sp³-hybridized carbons (Fsp3) is 0.611. The molecule has 0 amide bonds. The maximum atomic E-state index is 11.0. The third-order valence-electron chi connectivity index (χ3n) is 4.81. The van der Waals surface area contributed by atoms with E-state index in [2.05, 4.69) is 29.2 Å². The zero-order chi connectivity index (χ0) is 15.4. The first-order valence-corrected chi connectivity index (χ1v) is 8.33. The molecule has 1 N–H and O–H groups in total. The summed E-state index contributed by atoms with van der Waals surface area (Å²) in [5.74, 6) is 0.0920. The van der Waals surface area contributed by atoms with Crippen LogP contribution in [0.5, 0.6) is 0 Å². The number of hydrogen-bond acceptors (Lipinski definition) is 3. The van der Waals surface area contributed by atoms with Crippen molar-refractivity contribution in [3.8, 4) is 0 Å². The molecule has 1 unspecified atom stereocenters. The number of nitrogens with zero attached hydrogens (tertiary/aromatic N) is 1. The normalized spacial score (nSPS) is 20.7. The van der Waals surface area contributed by atoms with Gasteiger partial charge in [-0.3, -0.25) is 9.69 Å². The summed E-state index contributed by atoms with van der Waals surface area (Å²) in [6, 6.07) is 8.63. The van der Waals surface area contributed by atoms with Crippen molar-refractivity contribution < 1.29 is 14.6 Å². The summed E-state index contributed by atoms with van der Waals surface area (Å²) in [4.78, 5) is 13.5. The Morgan fingerprint density at radius 2 is 1.91 bits per heavy atom. The van der Waals surface area contributed by atoms with E-state index < -0.39 is 5.97 Å². The van der Waals surface area contributed by atoms with Crippen LogP contribution in [0.2, 0.25) is 0 Å². The summed E-state index contributed by atoms with van der Waals surface area (Å²) >= 11 is 0. The van der Waals surface area contributed by atoms with Crippen molar-refractivity contribution >= 4 is 5.97 Å². The molecule has 0 spiro atoms. The Morgan fingerprint density at radius 1 is 1.23 bits per heavy atom. The van der Waals surface area contributed by atoms with E-state index in [1.807, 2.05) is 0 Å². The van der Waals surface area contributed by atoms with Gasteiger partial charge in [0.2, 0.25) is 0 Å². The van der Waals surface area contributed by atoms with Gasteiger partial charge in [0.1, 0.15) is 0 Å². The second-order valence-corrected chi connectivity index (χ2v) is 6.49. The van der Waals surface area contributed by atoms with E-state index >= 15 is 0 Å². The molecule has 2 aliphatic rings. The van der Waals surface area contributed by atoms with Crippen molar-refractivity contribution in [2.45, 2.75) is 31.6 Å². The lowest BCUT2D eigenvalue weighted by atomic mass is 9.90. The molecule has 1 aliphatic heterocycles. The molecular formula is C18H25NO3. The highest BCUT2D eigenvalue weighted by Crippen LogP contribution is 2.44. The Labute approximate surface area is 132 Å². The zero-order valence-electron chi connectivity index (χ0n) is 13.0.